The van der Waals surface area contributed by atoms with Crippen LogP contribution in [0.2, 0.25) is 0 Å². The number of nitrogens with zero attached hydrogens (tertiary/aromatic N) is 2. The molecule has 1 saturated heterocycles. The number of rotatable bonds is 11. The first-order valence-electron chi connectivity index (χ1n) is 10.0. The lowest BCUT2D eigenvalue weighted by Gasteiger charge is -2.21. The molecule has 1 aromatic carbocycles. The number of likely N-dealkylation sites (tertiary alicyclic amines) is 1. The van der Waals surface area contributed by atoms with Crippen LogP contribution in [0.5, 0.6) is 5.75 Å². The zero-order valence-electron chi connectivity index (χ0n) is 17.1. The minimum atomic E-state index is 0.565. The van der Waals surface area contributed by atoms with Gasteiger partial charge in [0, 0.05) is 45.6 Å². The maximum Gasteiger partial charge on any atom is 0.193 e. The Kier molecular flexibility index (Phi) is 10.0. The smallest absolute Gasteiger partial charge is 0.193 e. The summed E-state index contributed by atoms with van der Waals surface area (Å²) in [6.07, 6.45) is 2.05. The van der Waals surface area contributed by atoms with Crippen molar-refractivity contribution in [3.63, 3.8) is 0 Å². The Morgan fingerprint density at radius 2 is 2.04 bits per heavy atom. The molecule has 0 amide bonds. The van der Waals surface area contributed by atoms with E-state index in [-0.39, 0.29) is 0 Å². The molecule has 2 rings (SSSR count). The molecule has 0 bridgehead atoms. The van der Waals surface area contributed by atoms with Crippen LogP contribution in [0.4, 0.5) is 0 Å². The van der Waals surface area contributed by atoms with Crippen molar-refractivity contribution in [1.29, 1.82) is 0 Å². The molecule has 1 N–H and O–H groups in total. The highest BCUT2D eigenvalue weighted by Gasteiger charge is 2.24. The first-order chi connectivity index (χ1) is 13.2. The van der Waals surface area contributed by atoms with E-state index >= 15 is 0 Å². The van der Waals surface area contributed by atoms with Gasteiger partial charge in [-0.1, -0.05) is 17.7 Å². The van der Waals surface area contributed by atoms with Crippen LogP contribution in [-0.2, 0) is 9.47 Å². The molecule has 0 spiro atoms. The van der Waals surface area contributed by atoms with Gasteiger partial charge >= 0.3 is 0 Å². The molecule has 1 heterocycles. The summed E-state index contributed by atoms with van der Waals surface area (Å²) in [5, 5.41) is 3.41. The molecular formula is C21H35N3O3. The van der Waals surface area contributed by atoms with Gasteiger partial charge in [0.1, 0.15) is 5.75 Å². The van der Waals surface area contributed by atoms with Gasteiger partial charge in [-0.2, -0.15) is 0 Å². The van der Waals surface area contributed by atoms with E-state index in [0.29, 0.717) is 25.7 Å². The number of guanidine groups is 1. The molecule has 1 atom stereocenters. The van der Waals surface area contributed by atoms with Crippen LogP contribution in [-0.4, -0.2) is 70.6 Å². The van der Waals surface area contributed by atoms with E-state index < -0.39 is 0 Å². The van der Waals surface area contributed by atoms with Crippen molar-refractivity contribution in [3.8, 4) is 5.75 Å². The number of methoxy groups -OCH3 is 1. The summed E-state index contributed by atoms with van der Waals surface area (Å²) >= 11 is 0. The molecule has 6 nitrogen and oxygen atoms in total. The Bertz CT molecular complexity index is 548. The van der Waals surface area contributed by atoms with E-state index in [1.807, 2.05) is 12.1 Å². The van der Waals surface area contributed by atoms with Gasteiger partial charge in [0.05, 0.1) is 26.4 Å². The summed E-state index contributed by atoms with van der Waals surface area (Å²) in [5.41, 5.74) is 1.25. The van der Waals surface area contributed by atoms with Crippen LogP contribution >= 0.6 is 0 Å². The third-order valence-electron chi connectivity index (χ3n) is 4.56. The van der Waals surface area contributed by atoms with Crippen LogP contribution in [0.1, 0.15) is 25.3 Å². The van der Waals surface area contributed by atoms with E-state index in [4.69, 9.17) is 19.2 Å². The fourth-order valence-corrected chi connectivity index (χ4v) is 3.05. The maximum absolute atomic E-state index is 5.78. The Balaban J connectivity index is 1.69. The van der Waals surface area contributed by atoms with Crippen LogP contribution < -0.4 is 10.1 Å². The number of hydrogen-bond acceptors (Lipinski definition) is 4. The van der Waals surface area contributed by atoms with Crippen LogP contribution in [0.15, 0.2) is 29.3 Å². The van der Waals surface area contributed by atoms with Crippen LogP contribution in [0.3, 0.4) is 0 Å². The highest BCUT2D eigenvalue weighted by molar-refractivity contribution is 5.80. The molecule has 0 aliphatic carbocycles. The van der Waals surface area contributed by atoms with Gasteiger partial charge in [0.2, 0.25) is 0 Å². The van der Waals surface area contributed by atoms with Crippen molar-refractivity contribution in [2.45, 2.75) is 26.7 Å². The topological polar surface area (TPSA) is 55.3 Å². The number of nitrogens with one attached hydrogen (secondary N) is 1. The Morgan fingerprint density at radius 1 is 1.22 bits per heavy atom. The average Bonchev–Trinajstić information content (AvgIpc) is 3.14. The molecule has 0 radical (unpaired) electrons. The molecule has 152 valence electrons. The van der Waals surface area contributed by atoms with Gasteiger partial charge in [0.25, 0.3) is 0 Å². The number of ether oxygens (including phenoxy) is 3. The third kappa shape index (κ3) is 8.18. The predicted octanol–water partition coefficient (Wildman–Crippen LogP) is 2.71. The largest absolute Gasteiger partial charge is 0.494 e. The Hall–Kier alpha value is -1.79. The van der Waals surface area contributed by atoms with Gasteiger partial charge in [-0.05, 0) is 32.4 Å². The molecule has 27 heavy (non-hydrogen) atoms. The minimum Gasteiger partial charge on any atom is -0.494 e. The second-order valence-electron chi connectivity index (χ2n) is 6.92. The molecule has 0 saturated carbocycles. The van der Waals surface area contributed by atoms with Crippen molar-refractivity contribution in [2.75, 3.05) is 59.7 Å². The summed E-state index contributed by atoms with van der Waals surface area (Å²) in [6.45, 7) is 10.7. The fraction of sp³-hybridized carbons (Fsp3) is 0.667. The summed E-state index contributed by atoms with van der Waals surface area (Å²) in [7, 11) is 1.70. The fourth-order valence-electron chi connectivity index (χ4n) is 3.05. The first kappa shape index (κ1) is 21.5. The number of aliphatic imine (C=N–C) groups is 1. The Morgan fingerprint density at radius 3 is 2.78 bits per heavy atom. The second kappa shape index (κ2) is 12.6. The third-order valence-corrected chi connectivity index (χ3v) is 4.56. The molecule has 1 aromatic rings. The van der Waals surface area contributed by atoms with E-state index in [0.717, 1.165) is 57.3 Å². The second-order valence-corrected chi connectivity index (χ2v) is 6.92. The normalized spacial score (nSPS) is 17.4. The lowest BCUT2D eigenvalue weighted by molar-refractivity contribution is 0.0536. The molecule has 0 aromatic heterocycles. The van der Waals surface area contributed by atoms with Crippen LogP contribution in [0, 0.1) is 12.8 Å². The average molecular weight is 378 g/mol. The van der Waals surface area contributed by atoms with Gasteiger partial charge < -0.3 is 24.4 Å². The SMILES string of the molecule is CCNC(=NCCCOc1ccc(C)cc1)N1CCC(COCCOC)C1. The summed E-state index contributed by atoms with van der Waals surface area (Å²) in [5.74, 6) is 2.50. The highest BCUT2D eigenvalue weighted by atomic mass is 16.5. The summed E-state index contributed by atoms with van der Waals surface area (Å²) in [4.78, 5) is 7.12. The summed E-state index contributed by atoms with van der Waals surface area (Å²) in [6, 6.07) is 8.17. The van der Waals surface area contributed by atoms with Crippen molar-refractivity contribution in [2.24, 2.45) is 10.9 Å². The molecular weight excluding hydrogens is 342 g/mol. The van der Waals surface area contributed by atoms with Crippen molar-refractivity contribution in [1.82, 2.24) is 10.2 Å². The first-order valence-corrected chi connectivity index (χ1v) is 10.0. The molecule has 6 heteroatoms. The predicted molar refractivity (Wildman–Crippen MR) is 110 cm³/mol. The number of hydrogen-bond donors (Lipinski definition) is 1. The van der Waals surface area contributed by atoms with E-state index in [2.05, 4.69) is 36.2 Å². The number of benzene rings is 1. The van der Waals surface area contributed by atoms with E-state index in [9.17, 15) is 0 Å². The van der Waals surface area contributed by atoms with E-state index in [1.165, 1.54) is 5.56 Å². The zero-order valence-corrected chi connectivity index (χ0v) is 17.1. The van der Waals surface area contributed by atoms with Gasteiger partial charge in [-0.25, -0.2) is 0 Å². The molecule has 1 fully saturated rings. The minimum absolute atomic E-state index is 0.565. The molecule has 1 aliphatic rings. The van der Waals surface area contributed by atoms with E-state index in [1.54, 1.807) is 7.11 Å². The van der Waals surface area contributed by atoms with Crippen molar-refractivity contribution < 1.29 is 14.2 Å². The van der Waals surface area contributed by atoms with Crippen LogP contribution in [0.25, 0.3) is 0 Å². The lowest BCUT2D eigenvalue weighted by atomic mass is 10.1. The molecule has 1 aliphatic heterocycles. The maximum atomic E-state index is 5.78. The lowest BCUT2D eigenvalue weighted by Crippen LogP contribution is -2.40. The van der Waals surface area contributed by atoms with Crippen molar-refractivity contribution >= 4 is 5.96 Å². The zero-order chi connectivity index (χ0) is 19.3. The number of aryl methyl sites for hydroxylation is 1. The van der Waals surface area contributed by atoms with Crippen molar-refractivity contribution in [3.05, 3.63) is 29.8 Å². The summed E-state index contributed by atoms with van der Waals surface area (Å²) < 4.78 is 16.5. The Labute approximate surface area is 163 Å². The highest BCUT2D eigenvalue weighted by Crippen LogP contribution is 2.17. The standard InChI is InChI=1S/C21H35N3O3/c1-4-22-21(24-12-10-19(16-24)17-26-15-14-25-3)23-11-5-13-27-20-8-6-18(2)7-9-20/h6-9,19H,4-5,10-17H2,1-3H3,(H,22,23). The van der Waals surface area contributed by atoms with Gasteiger partial charge in [-0.15, -0.1) is 0 Å². The monoisotopic (exact) mass is 377 g/mol. The van der Waals surface area contributed by atoms with Gasteiger partial charge in [-0.3, -0.25) is 4.99 Å². The van der Waals surface area contributed by atoms with Gasteiger partial charge in [0.15, 0.2) is 5.96 Å². The quantitative estimate of drug-likeness (QED) is 0.365. The molecule has 1 unspecified atom stereocenters.